The lowest BCUT2D eigenvalue weighted by Crippen LogP contribution is -2.33. The second-order valence-electron chi connectivity index (χ2n) is 6.00. The van der Waals surface area contributed by atoms with E-state index >= 15 is 0 Å². The van der Waals surface area contributed by atoms with Crippen LogP contribution in [-0.2, 0) is 4.74 Å². The molecule has 1 aromatic carbocycles. The zero-order chi connectivity index (χ0) is 15.2. The Morgan fingerprint density at radius 2 is 1.90 bits per heavy atom. The minimum absolute atomic E-state index is 0.415. The van der Waals surface area contributed by atoms with E-state index < -0.39 is 17.8 Å². The first-order chi connectivity index (χ1) is 9.28. The Bertz CT molecular complexity index is 420. The highest BCUT2D eigenvalue weighted by molar-refractivity contribution is 5.67. The van der Waals surface area contributed by atoms with Crippen molar-refractivity contribution in [2.75, 3.05) is 6.54 Å². The van der Waals surface area contributed by atoms with Gasteiger partial charge in [0.05, 0.1) is 6.10 Å². The fourth-order valence-electron chi connectivity index (χ4n) is 1.76. The Kier molecular flexibility index (Phi) is 6.02. The summed E-state index contributed by atoms with van der Waals surface area (Å²) >= 11 is 0. The smallest absolute Gasteiger partial charge is 0.407 e. The third kappa shape index (κ3) is 6.57. The van der Waals surface area contributed by atoms with Crippen LogP contribution < -0.4 is 5.32 Å². The van der Waals surface area contributed by atoms with Crippen LogP contribution in [0.1, 0.15) is 50.8 Å². The molecule has 0 saturated carbocycles. The summed E-state index contributed by atoms with van der Waals surface area (Å²) in [5, 5.41) is 12.7. The molecule has 1 atom stereocenters. The van der Waals surface area contributed by atoms with E-state index in [2.05, 4.69) is 5.32 Å². The number of carbonyl (C=O) groups excluding carboxylic acids is 1. The van der Waals surface area contributed by atoms with Gasteiger partial charge >= 0.3 is 6.09 Å². The largest absolute Gasteiger partial charge is 0.444 e. The minimum Gasteiger partial charge on any atom is -0.444 e. The number of ether oxygens (including phenoxy) is 1. The van der Waals surface area contributed by atoms with Crippen molar-refractivity contribution < 1.29 is 14.6 Å². The molecule has 0 aliphatic heterocycles. The Hall–Kier alpha value is -1.55. The molecule has 0 bridgehead atoms. The average molecular weight is 279 g/mol. The van der Waals surface area contributed by atoms with Crippen molar-refractivity contribution in [1.29, 1.82) is 0 Å². The van der Waals surface area contributed by atoms with Gasteiger partial charge in [0.2, 0.25) is 0 Å². The van der Waals surface area contributed by atoms with Gasteiger partial charge in [-0.1, -0.05) is 29.8 Å². The number of aliphatic hydroxyl groups is 1. The maximum absolute atomic E-state index is 11.4. The van der Waals surface area contributed by atoms with Gasteiger partial charge in [-0.25, -0.2) is 4.79 Å². The van der Waals surface area contributed by atoms with Crippen molar-refractivity contribution >= 4 is 6.09 Å². The van der Waals surface area contributed by atoms with Crippen molar-refractivity contribution in [3.05, 3.63) is 35.4 Å². The van der Waals surface area contributed by atoms with Crippen LogP contribution in [0.4, 0.5) is 4.79 Å². The van der Waals surface area contributed by atoms with Crippen LogP contribution in [0.2, 0.25) is 0 Å². The summed E-state index contributed by atoms with van der Waals surface area (Å²) < 4.78 is 5.13. The number of aryl methyl sites for hydroxylation is 1. The van der Waals surface area contributed by atoms with E-state index in [0.29, 0.717) is 19.4 Å². The van der Waals surface area contributed by atoms with Gasteiger partial charge in [-0.3, -0.25) is 0 Å². The fraction of sp³-hybridized carbons (Fsp3) is 0.562. The van der Waals surface area contributed by atoms with Gasteiger partial charge < -0.3 is 15.2 Å². The highest BCUT2D eigenvalue weighted by Gasteiger charge is 2.15. The third-order valence-corrected chi connectivity index (χ3v) is 2.78. The summed E-state index contributed by atoms with van der Waals surface area (Å²) in [7, 11) is 0. The second-order valence-corrected chi connectivity index (χ2v) is 6.00. The summed E-state index contributed by atoms with van der Waals surface area (Å²) in [6.45, 7) is 7.99. The number of rotatable bonds is 5. The molecule has 1 amide bonds. The Morgan fingerprint density at radius 3 is 2.45 bits per heavy atom. The van der Waals surface area contributed by atoms with Crippen molar-refractivity contribution in [3.8, 4) is 0 Å². The molecule has 0 aliphatic carbocycles. The molecule has 1 aromatic rings. The first-order valence-electron chi connectivity index (χ1n) is 6.99. The van der Waals surface area contributed by atoms with Gasteiger partial charge in [0.25, 0.3) is 0 Å². The van der Waals surface area contributed by atoms with E-state index in [1.54, 1.807) is 0 Å². The van der Waals surface area contributed by atoms with E-state index in [-0.39, 0.29) is 0 Å². The predicted molar refractivity (Wildman–Crippen MR) is 79.6 cm³/mol. The lowest BCUT2D eigenvalue weighted by atomic mass is 10.0. The fourth-order valence-corrected chi connectivity index (χ4v) is 1.76. The Balaban J connectivity index is 2.24. The van der Waals surface area contributed by atoms with E-state index in [1.165, 1.54) is 5.56 Å². The van der Waals surface area contributed by atoms with Crippen LogP contribution in [0.5, 0.6) is 0 Å². The zero-order valence-electron chi connectivity index (χ0n) is 12.8. The molecule has 0 unspecified atom stereocenters. The summed E-state index contributed by atoms with van der Waals surface area (Å²) in [6.07, 6.45) is 0.408. The number of hydrogen-bond donors (Lipinski definition) is 2. The van der Waals surface area contributed by atoms with E-state index in [4.69, 9.17) is 4.74 Å². The monoisotopic (exact) mass is 279 g/mol. The highest BCUT2D eigenvalue weighted by Crippen LogP contribution is 2.18. The average Bonchev–Trinajstić information content (AvgIpc) is 2.33. The van der Waals surface area contributed by atoms with Crippen LogP contribution >= 0.6 is 0 Å². The Labute approximate surface area is 121 Å². The molecular weight excluding hydrogens is 254 g/mol. The van der Waals surface area contributed by atoms with Gasteiger partial charge in [0, 0.05) is 6.54 Å². The summed E-state index contributed by atoms with van der Waals surface area (Å²) in [4.78, 5) is 11.4. The molecule has 20 heavy (non-hydrogen) atoms. The lowest BCUT2D eigenvalue weighted by Gasteiger charge is -2.19. The number of alkyl carbamates (subject to hydrolysis) is 1. The second kappa shape index (κ2) is 7.29. The number of aliphatic hydroxyl groups excluding tert-OH is 1. The maximum Gasteiger partial charge on any atom is 0.407 e. The molecule has 0 saturated heterocycles. The first kappa shape index (κ1) is 16.5. The number of nitrogens with one attached hydrogen (secondary N) is 1. The topological polar surface area (TPSA) is 58.6 Å². The van der Waals surface area contributed by atoms with Crippen LogP contribution in [0, 0.1) is 6.92 Å². The maximum atomic E-state index is 11.4. The quantitative estimate of drug-likeness (QED) is 0.813. The molecule has 0 aliphatic rings. The molecule has 2 N–H and O–H groups in total. The first-order valence-corrected chi connectivity index (χ1v) is 6.99. The van der Waals surface area contributed by atoms with Gasteiger partial charge in [-0.15, -0.1) is 0 Å². The SMILES string of the molecule is Cc1ccc([C@H](O)CCCNC(=O)OC(C)(C)C)cc1. The normalized spacial score (nSPS) is 12.8. The molecule has 0 fully saturated rings. The third-order valence-electron chi connectivity index (χ3n) is 2.78. The van der Waals surface area contributed by atoms with Gasteiger partial charge in [-0.05, 0) is 46.1 Å². The van der Waals surface area contributed by atoms with Crippen LogP contribution in [0.25, 0.3) is 0 Å². The van der Waals surface area contributed by atoms with Crippen molar-refractivity contribution in [1.82, 2.24) is 5.32 Å². The molecule has 4 nitrogen and oxygen atoms in total. The van der Waals surface area contributed by atoms with E-state index in [1.807, 2.05) is 52.0 Å². The zero-order valence-corrected chi connectivity index (χ0v) is 12.8. The Morgan fingerprint density at radius 1 is 1.30 bits per heavy atom. The van der Waals surface area contributed by atoms with Crippen molar-refractivity contribution in [3.63, 3.8) is 0 Å². The van der Waals surface area contributed by atoms with Gasteiger partial charge in [-0.2, -0.15) is 0 Å². The van der Waals surface area contributed by atoms with Gasteiger partial charge in [0.1, 0.15) is 5.60 Å². The minimum atomic E-state index is -0.490. The number of carbonyl (C=O) groups is 1. The van der Waals surface area contributed by atoms with Crippen LogP contribution in [-0.4, -0.2) is 23.3 Å². The molecular formula is C16H25NO3. The molecule has 0 aromatic heterocycles. The van der Waals surface area contributed by atoms with E-state index in [0.717, 1.165) is 5.56 Å². The molecule has 1 rings (SSSR count). The molecule has 0 spiro atoms. The summed E-state index contributed by atoms with van der Waals surface area (Å²) in [5.74, 6) is 0. The highest BCUT2D eigenvalue weighted by atomic mass is 16.6. The summed E-state index contributed by atoms with van der Waals surface area (Å²) in [5.41, 5.74) is 1.60. The molecule has 4 heteroatoms. The van der Waals surface area contributed by atoms with Crippen LogP contribution in [0.15, 0.2) is 24.3 Å². The van der Waals surface area contributed by atoms with Crippen LogP contribution in [0.3, 0.4) is 0 Å². The van der Waals surface area contributed by atoms with E-state index in [9.17, 15) is 9.90 Å². The molecule has 112 valence electrons. The lowest BCUT2D eigenvalue weighted by molar-refractivity contribution is 0.0523. The number of hydrogen-bond acceptors (Lipinski definition) is 3. The molecule has 0 radical (unpaired) electrons. The summed E-state index contributed by atoms with van der Waals surface area (Å²) in [6, 6.07) is 7.83. The number of benzene rings is 1. The molecule has 0 heterocycles. The predicted octanol–water partition coefficient (Wildman–Crippen LogP) is 3.33. The van der Waals surface area contributed by atoms with Crippen molar-refractivity contribution in [2.24, 2.45) is 0 Å². The van der Waals surface area contributed by atoms with Crippen molar-refractivity contribution in [2.45, 2.75) is 52.2 Å². The standard InChI is InChI=1S/C16H25NO3/c1-12-7-9-13(10-8-12)14(18)6-5-11-17-15(19)20-16(2,3)4/h7-10,14,18H,5-6,11H2,1-4H3,(H,17,19)/t14-/m1/s1. The van der Waals surface area contributed by atoms with Gasteiger partial charge in [0.15, 0.2) is 0 Å². The number of amides is 1.